The van der Waals surface area contributed by atoms with E-state index in [9.17, 15) is 0 Å². The number of hydrogen-bond acceptors (Lipinski definition) is 2. The molecule has 1 aromatic heterocycles. The minimum atomic E-state index is -0.306. The van der Waals surface area contributed by atoms with E-state index in [1.165, 1.54) is 61.2 Å². The van der Waals surface area contributed by atoms with E-state index in [1.54, 1.807) is 0 Å². The van der Waals surface area contributed by atoms with Crippen LogP contribution < -0.4 is 4.90 Å². The molecule has 1 atom stereocenters. The zero-order chi connectivity index (χ0) is 36.9. The number of anilines is 3. The Morgan fingerprint density at radius 2 is 0.982 bits per heavy atom. The van der Waals surface area contributed by atoms with Crippen LogP contribution in [-0.2, 0) is 10.8 Å². The standard InChI is InChI=1S/C53H39NO/c1-52(2)46-21-10-7-17-41(46)45-20-13-19-39(51(45)52)34-24-26-36(27-25-34)54(38-29-31-44-43-18-9-12-23-49(43)55-50(44)33-38)37-28-30-42-40-16-8-11-22-47(40)53(3,48(42)32-37)35-14-5-4-6-15-35/h4-33H,1-3H3. The Bertz CT molecular complexity index is 2970. The second-order valence-corrected chi connectivity index (χ2v) is 15.8. The Kier molecular flexibility index (Phi) is 6.76. The van der Waals surface area contributed by atoms with Crippen molar-refractivity contribution in [2.75, 3.05) is 4.90 Å². The first-order chi connectivity index (χ1) is 26.9. The summed E-state index contributed by atoms with van der Waals surface area (Å²) in [5, 5.41) is 2.26. The SMILES string of the molecule is CC1(C)c2ccccc2-c2cccc(-c3ccc(N(c4ccc5c(c4)C(C)(c4ccccc4)c4ccccc4-5)c4ccc5c(c4)oc4ccccc45)cc3)c21. The van der Waals surface area contributed by atoms with Crippen LogP contribution >= 0.6 is 0 Å². The van der Waals surface area contributed by atoms with Gasteiger partial charge in [0.25, 0.3) is 0 Å². The van der Waals surface area contributed by atoms with Crippen LogP contribution in [0.2, 0.25) is 0 Å². The lowest BCUT2D eigenvalue weighted by molar-refractivity contribution is 0.662. The Morgan fingerprint density at radius 3 is 1.80 bits per heavy atom. The normalized spacial score (nSPS) is 16.1. The van der Waals surface area contributed by atoms with Crippen LogP contribution in [0.15, 0.2) is 186 Å². The highest BCUT2D eigenvalue weighted by atomic mass is 16.3. The number of benzene rings is 8. The molecule has 0 radical (unpaired) electrons. The van der Waals surface area contributed by atoms with Crippen LogP contribution in [0.1, 0.15) is 48.6 Å². The monoisotopic (exact) mass is 705 g/mol. The maximum Gasteiger partial charge on any atom is 0.137 e. The average molecular weight is 706 g/mol. The highest BCUT2D eigenvalue weighted by molar-refractivity contribution is 6.06. The number of rotatable bonds is 5. The Hall–Kier alpha value is -6.64. The molecular formula is C53H39NO. The second-order valence-electron chi connectivity index (χ2n) is 15.8. The minimum absolute atomic E-state index is 0.0946. The van der Waals surface area contributed by atoms with Gasteiger partial charge in [-0.15, -0.1) is 0 Å². The molecule has 2 aliphatic rings. The van der Waals surface area contributed by atoms with Gasteiger partial charge in [0.05, 0.1) is 0 Å². The zero-order valence-electron chi connectivity index (χ0n) is 31.2. The van der Waals surface area contributed by atoms with E-state index >= 15 is 0 Å². The number of fused-ring (bicyclic) bond motifs is 9. The van der Waals surface area contributed by atoms with Crippen molar-refractivity contribution in [3.05, 3.63) is 210 Å². The first-order valence-electron chi connectivity index (χ1n) is 19.3. The summed E-state index contributed by atoms with van der Waals surface area (Å²) in [5.41, 5.74) is 19.1. The van der Waals surface area contributed by atoms with Gasteiger partial charge < -0.3 is 9.32 Å². The molecule has 1 heterocycles. The molecule has 0 N–H and O–H groups in total. The first kappa shape index (κ1) is 31.8. The predicted molar refractivity (Wildman–Crippen MR) is 229 cm³/mol. The molecule has 0 saturated carbocycles. The molecule has 0 saturated heterocycles. The van der Waals surface area contributed by atoms with Gasteiger partial charge in [0.1, 0.15) is 11.2 Å². The van der Waals surface area contributed by atoms with E-state index < -0.39 is 0 Å². The minimum Gasteiger partial charge on any atom is -0.456 e. The molecule has 262 valence electrons. The molecule has 0 fully saturated rings. The molecule has 0 aliphatic heterocycles. The second kappa shape index (κ2) is 11.7. The van der Waals surface area contributed by atoms with Crippen molar-refractivity contribution >= 4 is 39.0 Å². The maximum absolute atomic E-state index is 6.46. The third-order valence-electron chi connectivity index (χ3n) is 12.5. The molecule has 2 heteroatoms. The van der Waals surface area contributed by atoms with Gasteiger partial charge in [-0.05, 0) is 111 Å². The van der Waals surface area contributed by atoms with Crippen LogP contribution in [-0.4, -0.2) is 0 Å². The number of para-hydroxylation sites is 1. The predicted octanol–water partition coefficient (Wildman–Crippen LogP) is 14.4. The van der Waals surface area contributed by atoms with Crippen molar-refractivity contribution in [2.24, 2.45) is 0 Å². The fourth-order valence-corrected chi connectivity index (χ4v) is 9.88. The first-order valence-corrected chi connectivity index (χ1v) is 19.3. The topological polar surface area (TPSA) is 16.4 Å². The molecule has 55 heavy (non-hydrogen) atoms. The Morgan fingerprint density at radius 1 is 0.400 bits per heavy atom. The lowest BCUT2D eigenvalue weighted by atomic mass is 9.74. The number of hydrogen-bond donors (Lipinski definition) is 0. The summed E-state index contributed by atoms with van der Waals surface area (Å²) in [6, 6.07) is 66.7. The van der Waals surface area contributed by atoms with Crippen LogP contribution in [0, 0.1) is 0 Å². The lowest BCUT2D eigenvalue weighted by Gasteiger charge is -2.31. The van der Waals surface area contributed by atoms with Gasteiger partial charge >= 0.3 is 0 Å². The summed E-state index contributed by atoms with van der Waals surface area (Å²) in [6.45, 7) is 7.11. The molecule has 1 unspecified atom stereocenters. The third-order valence-corrected chi connectivity index (χ3v) is 12.5. The van der Waals surface area contributed by atoms with Crippen molar-refractivity contribution in [3.8, 4) is 33.4 Å². The molecular weight excluding hydrogens is 667 g/mol. The zero-order valence-corrected chi connectivity index (χ0v) is 31.2. The van der Waals surface area contributed by atoms with Crippen molar-refractivity contribution in [1.29, 1.82) is 0 Å². The van der Waals surface area contributed by atoms with Gasteiger partial charge in [0, 0.05) is 44.7 Å². The van der Waals surface area contributed by atoms with Crippen molar-refractivity contribution in [3.63, 3.8) is 0 Å². The quantitative estimate of drug-likeness (QED) is 0.177. The average Bonchev–Trinajstić information content (AvgIpc) is 3.82. The summed E-state index contributed by atoms with van der Waals surface area (Å²) >= 11 is 0. The molecule has 11 rings (SSSR count). The number of furan rings is 1. The van der Waals surface area contributed by atoms with Gasteiger partial charge in [0.2, 0.25) is 0 Å². The van der Waals surface area contributed by atoms with Crippen molar-refractivity contribution in [1.82, 2.24) is 0 Å². The summed E-state index contributed by atoms with van der Waals surface area (Å²) in [5.74, 6) is 0. The van der Waals surface area contributed by atoms with Gasteiger partial charge in [-0.3, -0.25) is 0 Å². The van der Waals surface area contributed by atoms with E-state index in [0.29, 0.717) is 0 Å². The van der Waals surface area contributed by atoms with Gasteiger partial charge in [-0.1, -0.05) is 147 Å². The van der Waals surface area contributed by atoms with Crippen LogP contribution in [0.3, 0.4) is 0 Å². The summed E-state index contributed by atoms with van der Waals surface area (Å²) < 4.78 is 6.46. The van der Waals surface area contributed by atoms with Crippen molar-refractivity contribution < 1.29 is 4.42 Å². The summed E-state index contributed by atoms with van der Waals surface area (Å²) in [6.07, 6.45) is 0. The van der Waals surface area contributed by atoms with E-state index in [-0.39, 0.29) is 10.8 Å². The molecule has 0 amide bonds. The molecule has 2 aliphatic carbocycles. The summed E-state index contributed by atoms with van der Waals surface area (Å²) in [4.78, 5) is 2.39. The molecule has 9 aromatic rings. The molecule has 2 nitrogen and oxygen atoms in total. The third kappa shape index (κ3) is 4.55. The lowest BCUT2D eigenvalue weighted by Crippen LogP contribution is -2.22. The molecule has 0 spiro atoms. The highest BCUT2D eigenvalue weighted by Gasteiger charge is 2.41. The van der Waals surface area contributed by atoms with Gasteiger partial charge in [0.15, 0.2) is 0 Å². The van der Waals surface area contributed by atoms with E-state index in [4.69, 9.17) is 4.42 Å². The maximum atomic E-state index is 6.46. The van der Waals surface area contributed by atoms with Crippen LogP contribution in [0.5, 0.6) is 0 Å². The fourth-order valence-electron chi connectivity index (χ4n) is 9.88. The van der Waals surface area contributed by atoms with E-state index in [0.717, 1.165) is 39.0 Å². The molecule has 8 aromatic carbocycles. The fraction of sp³-hybridized carbons (Fsp3) is 0.0943. The van der Waals surface area contributed by atoms with E-state index in [1.807, 2.05) is 12.1 Å². The molecule has 0 bridgehead atoms. The van der Waals surface area contributed by atoms with Crippen LogP contribution in [0.25, 0.3) is 55.3 Å². The van der Waals surface area contributed by atoms with Gasteiger partial charge in [-0.25, -0.2) is 0 Å². The highest BCUT2D eigenvalue weighted by Crippen LogP contribution is 2.55. The van der Waals surface area contributed by atoms with Crippen LogP contribution in [0.4, 0.5) is 17.1 Å². The smallest absolute Gasteiger partial charge is 0.137 e. The number of nitrogens with zero attached hydrogens (tertiary/aromatic N) is 1. The largest absolute Gasteiger partial charge is 0.456 e. The van der Waals surface area contributed by atoms with Crippen molar-refractivity contribution in [2.45, 2.75) is 31.6 Å². The van der Waals surface area contributed by atoms with E-state index in [2.05, 4.69) is 196 Å². The Labute approximate surface area is 322 Å². The summed E-state index contributed by atoms with van der Waals surface area (Å²) in [7, 11) is 0. The Balaban J connectivity index is 1.09. The van der Waals surface area contributed by atoms with Gasteiger partial charge in [-0.2, -0.15) is 0 Å².